The summed E-state index contributed by atoms with van der Waals surface area (Å²) >= 11 is 5.03. The largest absolute Gasteiger partial charge is 0.453 e. The second-order valence-electron chi connectivity index (χ2n) is 3.01. The first-order chi connectivity index (χ1) is 6.22. The maximum absolute atomic E-state index is 8.79. The Morgan fingerprint density at radius 3 is 2.92 bits per heavy atom. The first-order valence-corrected chi connectivity index (χ1v) is 6.10. The Hall–Kier alpha value is 0.0700. The molecule has 0 aliphatic carbocycles. The summed E-state index contributed by atoms with van der Waals surface area (Å²) in [6.07, 6.45) is 0. The van der Waals surface area contributed by atoms with Crippen LogP contribution in [0.3, 0.4) is 0 Å². The lowest BCUT2D eigenvalue weighted by Crippen LogP contribution is -2.03. The lowest BCUT2D eigenvalue weighted by Gasteiger charge is -2.05. The van der Waals surface area contributed by atoms with E-state index in [0.717, 1.165) is 21.9 Å². The van der Waals surface area contributed by atoms with Crippen molar-refractivity contribution < 1.29 is 9.52 Å². The van der Waals surface area contributed by atoms with E-state index in [0.29, 0.717) is 5.92 Å². The molecule has 1 atom stereocenters. The zero-order valence-electron chi connectivity index (χ0n) is 7.50. The van der Waals surface area contributed by atoms with Crippen LogP contribution in [0.5, 0.6) is 0 Å². The van der Waals surface area contributed by atoms with E-state index in [1.807, 2.05) is 19.1 Å². The molecule has 2 nitrogen and oxygen atoms in total. The van der Waals surface area contributed by atoms with Crippen LogP contribution in [0.25, 0.3) is 0 Å². The van der Waals surface area contributed by atoms with Gasteiger partial charge in [-0.05, 0) is 39.7 Å². The van der Waals surface area contributed by atoms with E-state index in [2.05, 4.69) is 15.9 Å². The molecule has 0 bridgehead atoms. The lowest BCUT2D eigenvalue weighted by molar-refractivity contribution is 0.250. The monoisotopic (exact) mass is 264 g/mol. The van der Waals surface area contributed by atoms with Gasteiger partial charge in [0, 0.05) is 6.61 Å². The van der Waals surface area contributed by atoms with E-state index < -0.39 is 0 Å². The third-order valence-electron chi connectivity index (χ3n) is 1.59. The molecular weight excluding hydrogens is 252 g/mol. The fraction of sp³-hybridized carbons (Fsp3) is 0.556. The van der Waals surface area contributed by atoms with Gasteiger partial charge in [0.15, 0.2) is 4.67 Å². The van der Waals surface area contributed by atoms with E-state index in [-0.39, 0.29) is 6.61 Å². The quantitative estimate of drug-likeness (QED) is 0.888. The predicted molar refractivity (Wildman–Crippen MR) is 58.8 cm³/mol. The van der Waals surface area contributed by atoms with E-state index in [1.54, 1.807) is 11.8 Å². The van der Waals surface area contributed by atoms with Gasteiger partial charge < -0.3 is 9.52 Å². The van der Waals surface area contributed by atoms with Crippen LogP contribution >= 0.6 is 27.7 Å². The number of furan rings is 1. The Bertz CT molecular complexity index is 250. The van der Waals surface area contributed by atoms with Crippen LogP contribution < -0.4 is 0 Å². The average molecular weight is 265 g/mol. The van der Waals surface area contributed by atoms with Crippen molar-refractivity contribution in [3.05, 3.63) is 22.6 Å². The van der Waals surface area contributed by atoms with Crippen molar-refractivity contribution >= 4 is 27.7 Å². The summed E-state index contributed by atoms with van der Waals surface area (Å²) in [4.78, 5) is 0. The van der Waals surface area contributed by atoms with Gasteiger partial charge in [-0.1, -0.05) is 6.92 Å². The molecule has 1 aromatic heterocycles. The summed E-state index contributed by atoms with van der Waals surface area (Å²) < 4.78 is 6.11. The fourth-order valence-corrected chi connectivity index (χ4v) is 2.16. The van der Waals surface area contributed by atoms with Crippen LogP contribution in [0.2, 0.25) is 0 Å². The molecule has 1 rings (SSSR count). The van der Waals surface area contributed by atoms with Crippen LogP contribution in [0.15, 0.2) is 21.2 Å². The molecule has 1 aromatic rings. The summed E-state index contributed by atoms with van der Waals surface area (Å²) in [7, 11) is 0. The maximum Gasteiger partial charge on any atom is 0.169 e. The molecule has 1 N–H and O–H groups in total. The van der Waals surface area contributed by atoms with Crippen LogP contribution in [0.4, 0.5) is 0 Å². The number of rotatable bonds is 5. The van der Waals surface area contributed by atoms with Crippen LogP contribution in [-0.2, 0) is 5.75 Å². The van der Waals surface area contributed by atoms with Gasteiger partial charge in [0.05, 0.1) is 5.75 Å². The minimum absolute atomic E-state index is 0.259. The number of thioether (sulfide) groups is 1. The molecule has 0 amide bonds. The van der Waals surface area contributed by atoms with E-state index in [9.17, 15) is 0 Å². The molecule has 13 heavy (non-hydrogen) atoms. The Morgan fingerprint density at radius 1 is 1.62 bits per heavy atom. The molecule has 0 saturated carbocycles. The van der Waals surface area contributed by atoms with Crippen molar-refractivity contribution in [3.8, 4) is 0 Å². The summed E-state index contributed by atoms with van der Waals surface area (Å²) in [5.41, 5.74) is 0. The molecule has 0 aromatic carbocycles. The molecular formula is C9H13BrO2S. The molecule has 0 saturated heterocycles. The van der Waals surface area contributed by atoms with Crippen LogP contribution in [0, 0.1) is 5.92 Å². The zero-order valence-corrected chi connectivity index (χ0v) is 9.90. The molecule has 0 spiro atoms. The fourth-order valence-electron chi connectivity index (χ4n) is 0.843. The molecule has 0 aliphatic rings. The van der Waals surface area contributed by atoms with Gasteiger partial charge in [0.25, 0.3) is 0 Å². The number of halogens is 1. The van der Waals surface area contributed by atoms with Gasteiger partial charge in [0.1, 0.15) is 5.76 Å². The molecule has 0 fully saturated rings. The van der Waals surface area contributed by atoms with Gasteiger partial charge in [-0.25, -0.2) is 0 Å². The summed E-state index contributed by atoms with van der Waals surface area (Å²) in [6.45, 7) is 2.29. The number of aliphatic hydroxyl groups is 1. The normalized spacial score (nSPS) is 13.2. The van der Waals surface area contributed by atoms with Crippen molar-refractivity contribution in [2.75, 3.05) is 12.4 Å². The predicted octanol–water partition coefficient (Wildman–Crippen LogP) is 2.90. The topological polar surface area (TPSA) is 33.4 Å². The van der Waals surface area contributed by atoms with Crippen molar-refractivity contribution in [1.82, 2.24) is 0 Å². The highest BCUT2D eigenvalue weighted by Gasteiger charge is 2.02. The summed E-state index contributed by atoms with van der Waals surface area (Å²) in [6, 6.07) is 3.85. The summed E-state index contributed by atoms with van der Waals surface area (Å²) in [5, 5.41) is 8.79. The first-order valence-electron chi connectivity index (χ1n) is 4.15. The van der Waals surface area contributed by atoms with Crippen molar-refractivity contribution in [2.45, 2.75) is 12.7 Å². The Kier molecular flexibility index (Phi) is 4.91. The highest BCUT2D eigenvalue weighted by atomic mass is 79.9. The van der Waals surface area contributed by atoms with E-state index in [4.69, 9.17) is 9.52 Å². The highest BCUT2D eigenvalue weighted by molar-refractivity contribution is 9.10. The second-order valence-corrected chi connectivity index (χ2v) is 4.82. The number of hydrogen-bond acceptors (Lipinski definition) is 3. The van der Waals surface area contributed by atoms with Gasteiger partial charge in [-0.15, -0.1) is 0 Å². The van der Waals surface area contributed by atoms with Crippen LogP contribution in [0.1, 0.15) is 12.7 Å². The summed E-state index contributed by atoms with van der Waals surface area (Å²) in [5.74, 6) is 3.18. The Balaban J connectivity index is 2.20. The van der Waals surface area contributed by atoms with Gasteiger partial charge in [0.2, 0.25) is 0 Å². The third kappa shape index (κ3) is 4.20. The average Bonchev–Trinajstić information content (AvgIpc) is 2.51. The third-order valence-corrected chi connectivity index (χ3v) is 3.31. The number of hydrogen-bond donors (Lipinski definition) is 1. The van der Waals surface area contributed by atoms with Gasteiger partial charge >= 0.3 is 0 Å². The van der Waals surface area contributed by atoms with E-state index >= 15 is 0 Å². The minimum atomic E-state index is 0.259. The molecule has 1 unspecified atom stereocenters. The zero-order chi connectivity index (χ0) is 9.68. The smallest absolute Gasteiger partial charge is 0.169 e. The molecule has 74 valence electrons. The molecule has 1 heterocycles. The maximum atomic E-state index is 8.79. The van der Waals surface area contributed by atoms with Crippen LogP contribution in [-0.4, -0.2) is 17.5 Å². The lowest BCUT2D eigenvalue weighted by atomic mass is 10.2. The second kappa shape index (κ2) is 5.73. The Morgan fingerprint density at radius 2 is 2.38 bits per heavy atom. The minimum Gasteiger partial charge on any atom is -0.453 e. The SMILES string of the molecule is CC(CO)CSCc1ccc(Br)o1. The van der Waals surface area contributed by atoms with Gasteiger partial charge in [-0.2, -0.15) is 11.8 Å². The first kappa shape index (κ1) is 11.1. The van der Waals surface area contributed by atoms with Crippen molar-refractivity contribution in [1.29, 1.82) is 0 Å². The van der Waals surface area contributed by atoms with Crippen molar-refractivity contribution in [2.24, 2.45) is 5.92 Å². The molecule has 0 radical (unpaired) electrons. The standard InChI is InChI=1S/C9H13BrO2S/c1-7(4-11)5-13-6-8-2-3-9(10)12-8/h2-3,7,11H,4-6H2,1H3. The van der Waals surface area contributed by atoms with Crippen molar-refractivity contribution in [3.63, 3.8) is 0 Å². The highest BCUT2D eigenvalue weighted by Crippen LogP contribution is 2.20. The van der Waals surface area contributed by atoms with Gasteiger partial charge in [-0.3, -0.25) is 0 Å². The number of aliphatic hydroxyl groups excluding tert-OH is 1. The molecule has 0 aliphatic heterocycles. The van der Waals surface area contributed by atoms with E-state index in [1.165, 1.54) is 0 Å². The molecule has 4 heteroatoms. The Labute approximate surface area is 90.8 Å².